The predicted molar refractivity (Wildman–Crippen MR) is 74.4 cm³/mol. The van der Waals surface area contributed by atoms with Crippen LogP contribution in [0.1, 0.15) is 5.69 Å². The molecule has 0 saturated heterocycles. The molecule has 19 heavy (non-hydrogen) atoms. The minimum atomic E-state index is -0.0765. The van der Waals surface area contributed by atoms with Crippen molar-refractivity contribution in [2.24, 2.45) is 0 Å². The van der Waals surface area contributed by atoms with Crippen LogP contribution in [-0.2, 0) is 6.54 Å². The van der Waals surface area contributed by atoms with Crippen molar-refractivity contribution in [2.75, 3.05) is 0 Å². The van der Waals surface area contributed by atoms with E-state index in [9.17, 15) is 4.79 Å². The van der Waals surface area contributed by atoms with E-state index in [-0.39, 0.29) is 5.56 Å². The van der Waals surface area contributed by atoms with Crippen LogP contribution in [0.2, 0.25) is 5.15 Å². The monoisotopic (exact) mass is 271 g/mol. The van der Waals surface area contributed by atoms with Crippen LogP contribution >= 0.6 is 11.6 Å². The Balaban J connectivity index is 2.06. The molecule has 94 valence electrons. The standard InChI is InChI=1S/C14H10ClN3O/c15-13-7-3-4-10(17-13)8-18-9-16-12-6-2-1-5-11(12)14(18)19/h1-7,9H,8H2. The van der Waals surface area contributed by atoms with Gasteiger partial charge in [-0.25, -0.2) is 9.97 Å². The summed E-state index contributed by atoms with van der Waals surface area (Å²) in [6, 6.07) is 12.6. The van der Waals surface area contributed by atoms with Crippen LogP contribution < -0.4 is 5.56 Å². The summed E-state index contributed by atoms with van der Waals surface area (Å²) < 4.78 is 1.53. The smallest absolute Gasteiger partial charge is 0.261 e. The van der Waals surface area contributed by atoms with Gasteiger partial charge in [0.1, 0.15) is 5.15 Å². The van der Waals surface area contributed by atoms with E-state index < -0.39 is 0 Å². The van der Waals surface area contributed by atoms with Gasteiger partial charge in [0.25, 0.3) is 5.56 Å². The first-order valence-electron chi connectivity index (χ1n) is 5.80. The number of pyridine rings is 1. The van der Waals surface area contributed by atoms with E-state index >= 15 is 0 Å². The number of fused-ring (bicyclic) bond motifs is 1. The van der Waals surface area contributed by atoms with Crippen LogP contribution in [0.3, 0.4) is 0 Å². The molecule has 0 spiro atoms. The summed E-state index contributed by atoms with van der Waals surface area (Å²) in [5, 5.41) is 1.02. The van der Waals surface area contributed by atoms with E-state index in [1.54, 1.807) is 12.1 Å². The molecule has 4 nitrogen and oxygen atoms in total. The molecule has 2 aromatic heterocycles. The first-order chi connectivity index (χ1) is 9.24. The summed E-state index contributed by atoms with van der Waals surface area (Å²) in [7, 11) is 0. The molecule has 1 aromatic carbocycles. The number of hydrogen-bond acceptors (Lipinski definition) is 3. The minimum Gasteiger partial charge on any atom is -0.293 e. The number of benzene rings is 1. The average Bonchev–Trinajstić information content (AvgIpc) is 2.42. The normalized spacial score (nSPS) is 10.8. The number of hydrogen-bond donors (Lipinski definition) is 0. The van der Waals surface area contributed by atoms with E-state index in [2.05, 4.69) is 9.97 Å². The summed E-state index contributed by atoms with van der Waals surface area (Å²) in [6.07, 6.45) is 1.53. The van der Waals surface area contributed by atoms with Crippen molar-refractivity contribution in [3.63, 3.8) is 0 Å². The lowest BCUT2D eigenvalue weighted by molar-refractivity contribution is 0.730. The molecule has 3 rings (SSSR count). The molecule has 0 amide bonds. The van der Waals surface area contributed by atoms with Crippen molar-refractivity contribution in [1.82, 2.24) is 14.5 Å². The van der Waals surface area contributed by atoms with E-state index in [0.717, 1.165) is 5.69 Å². The lowest BCUT2D eigenvalue weighted by Gasteiger charge is -2.06. The van der Waals surface area contributed by atoms with Gasteiger partial charge >= 0.3 is 0 Å². The molecule has 0 N–H and O–H groups in total. The third-order valence-electron chi connectivity index (χ3n) is 2.84. The zero-order valence-corrected chi connectivity index (χ0v) is 10.7. The second-order valence-corrected chi connectivity index (χ2v) is 4.53. The van der Waals surface area contributed by atoms with Crippen LogP contribution in [0.5, 0.6) is 0 Å². The van der Waals surface area contributed by atoms with Gasteiger partial charge in [-0.3, -0.25) is 9.36 Å². The molecule has 0 aliphatic heterocycles. The minimum absolute atomic E-state index is 0.0765. The highest BCUT2D eigenvalue weighted by molar-refractivity contribution is 6.29. The largest absolute Gasteiger partial charge is 0.293 e. The van der Waals surface area contributed by atoms with Crippen molar-refractivity contribution in [3.05, 3.63) is 70.0 Å². The van der Waals surface area contributed by atoms with Gasteiger partial charge in [-0.15, -0.1) is 0 Å². The molecule has 0 bridgehead atoms. The molecule has 0 saturated carbocycles. The third kappa shape index (κ3) is 2.35. The van der Waals surface area contributed by atoms with Gasteiger partial charge in [0.05, 0.1) is 29.5 Å². The van der Waals surface area contributed by atoms with Crippen LogP contribution in [0.4, 0.5) is 0 Å². The second kappa shape index (κ2) is 4.82. The Morgan fingerprint density at radius 2 is 1.95 bits per heavy atom. The first kappa shape index (κ1) is 11.9. The molecule has 0 fully saturated rings. The lowest BCUT2D eigenvalue weighted by atomic mass is 10.2. The van der Waals surface area contributed by atoms with Crippen molar-refractivity contribution in [3.8, 4) is 0 Å². The molecular weight excluding hydrogens is 262 g/mol. The predicted octanol–water partition coefficient (Wildman–Crippen LogP) is 2.49. The Morgan fingerprint density at radius 3 is 2.79 bits per heavy atom. The van der Waals surface area contributed by atoms with Crippen LogP contribution in [0.25, 0.3) is 10.9 Å². The summed E-state index contributed by atoms with van der Waals surface area (Å²) >= 11 is 5.83. The quantitative estimate of drug-likeness (QED) is 0.673. The van der Waals surface area contributed by atoms with Gasteiger partial charge in [-0.1, -0.05) is 29.8 Å². The molecular formula is C14H10ClN3O. The van der Waals surface area contributed by atoms with Crippen molar-refractivity contribution in [1.29, 1.82) is 0 Å². The van der Waals surface area contributed by atoms with Gasteiger partial charge in [-0.2, -0.15) is 0 Å². The van der Waals surface area contributed by atoms with Gasteiger partial charge in [0.2, 0.25) is 0 Å². The summed E-state index contributed by atoms with van der Waals surface area (Å²) in [5.41, 5.74) is 1.35. The van der Waals surface area contributed by atoms with Gasteiger partial charge < -0.3 is 0 Å². The van der Waals surface area contributed by atoms with Crippen LogP contribution in [0.15, 0.2) is 53.6 Å². The van der Waals surface area contributed by atoms with E-state index in [1.165, 1.54) is 10.9 Å². The fourth-order valence-corrected chi connectivity index (χ4v) is 2.11. The number of para-hydroxylation sites is 1. The molecule has 2 heterocycles. The van der Waals surface area contributed by atoms with Gasteiger partial charge in [-0.05, 0) is 24.3 Å². The van der Waals surface area contributed by atoms with Gasteiger partial charge in [0.15, 0.2) is 0 Å². The molecule has 0 aliphatic rings. The number of aromatic nitrogens is 3. The maximum atomic E-state index is 12.3. The SMILES string of the molecule is O=c1c2ccccc2ncn1Cc1cccc(Cl)n1. The third-order valence-corrected chi connectivity index (χ3v) is 3.05. The Hall–Kier alpha value is -2.20. The molecule has 3 aromatic rings. The summed E-state index contributed by atoms with van der Waals surface area (Å²) in [5.74, 6) is 0. The summed E-state index contributed by atoms with van der Waals surface area (Å²) in [6.45, 7) is 0.358. The number of rotatable bonds is 2. The zero-order valence-electron chi connectivity index (χ0n) is 9.95. The number of halogens is 1. The van der Waals surface area contributed by atoms with Gasteiger partial charge in [0, 0.05) is 0 Å². The van der Waals surface area contributed by atoms with E-state index in [1.807, 2.05) is 30.3 Å². The second-order valence-electron chi connectivity index (χ2n) is 4.15. The Morgan fingerprint density at radius 1 is 1.11 bits per heavy atom. The highest BCUT2D eigenvalue weighted by Crippen LogP contribution is 2.08. The first-order valence-corrected chi connectivity index (χ1v) is 6.17. The Kier molecular flexibility index (Phi) is 3.01. The topological polar surface area (TPSA) is 47.8 Å². The molecule has 5 heteroatoms. The maximum absolute atomic E-state index is 12.3. The van der Waals surface area contributed by atoms with Crippen molar-refractivity contribution >= 4 is 22.5 Å². The van der Waals surface area contributed by atoms with E-state index in [4.69, 9.17) is 11.6 Å². The average molecular weight is 272 g/mol. The van der Waals surface area contributed by atoms with Crippen LogP contribution in [0, 0.1) is 0 Å². The lowest BCUT2D eigenvalue weighted by Crippen LogP contribution is -2.21. The van der Waals surface area contributed by atoms with Crippen LogP contribution in [-0.4, -0.2) is 14.5 Å². The highest BCUT2D eigenvalue weighted by atomic mass is 35.5. The molecule has 0 unspecified atom stereocenters. The summed E-state index contributed by atoms with van der Waals surface area (Å²) in [4.78, 5) is 20.7. The fraction of sp³-hybridized carbons (Fsp3) is 0.0714. The zero-order chi connectivity index (χ0) is 13.2. The Bertz CT molecular complexity index is 798. The molecule has 0 atom stereocenters. The Labute approximate surface area is 114 Å². The maximum Gasteiger partial charge on any atom is 0.261 e. The highest BCUT2D eigenvalue weighted by Gasteiger charge is 2.04. The number of nitrogens with zero attached hydrogens (tertiary/aromatic N) is 3. The fourth-order valence-electron chi connectivity index (χ4n) is 1.93. The van der Waals surface area contributed by atoms with Crippen molar-refractivity contribution in [2.45, 2.75) is 6.54 Å². The molecule has 0 aliphatic carbocycles. The van der Waals surface area contributed by atoms with E-state index in [0.29, 0.717) is 22.6 Å². The molecule has 0 radical (unpaired) electrons. The van der Waals surface area contributed by atoms with Crippen molar-refractivity contribution < 1.29 is 0 Å².